The van der Waals surface area contributed by atoms with Crippen molar-refractivity contribution in [1.29, 1.82) is 0 Å². The van der Waals surface area contributed by atoms with Crippen molar-refractivity contribution in [3.8, 4) is 5.75 Å². The van der Waals surface area contributed by atoms with Gasteiger partial charge >= 0.3 is 0 Å². The summed E-state index contributed by atoms with van der Waals surface area (Å²) in [4.78, 5) is 14.0. The predicted octanol–water partition coefficient (Wildman–Crippen LogP) is 2.42. The lowest BCUT2D eigenvalue weighted by Crippen LogP contribution is -2.29. The standard InChI is InChI=1S/C14H19BrN2O2/c1-17(14(18)7-10-5-6-16-9-10)12-8-11(15)3-4-13(12)19-2/h3-4,8,10,16H,5-7,9H2,1-2H3. The molecule has 1 unspecified atom stereocenters. The molecule has 1 saturated heterocycles. The van der Waals surface area contributed by atoms with Crippen LogP contribution in [0.2, 0.25) is 0 Å². The normalized spacial score (nSPS) is 18.4. The van der Waals surface area contributed by atoms with E-state index in [0.29, 0.717) is 18.1 Å². The number of carbonyl (C=O) groups excluding carboxylic acids is 1. The average Bonchev–Trinajstić information content (AvgIpc) is 2.90. The fourth-order valence-electron chi connectivity index (χ4n) is 2.33. The Bertz CT molecular complexity index is 459. The molecule has 1 N–H and O–H groups in total. The Morgan fingerprint density at radius 1 is 1.58 bits per heavy atom. The smallest absolute Gasteiger partial charge is 0.227 e. The molecule has 1 aliphatic heterocycles. The summed E-state index contributed by atoms with van der Waals surface area (Å²) in [6, 6.07) is 5.67. The third-order valence-corrected chi connectivity index (χ3v) is 4.00. The molecule has 0 spiro atoms. The van der Waals surface area contributed by atoms with E-state index in [2.05, 4.69) is 21.2 Å². The van der Waals surface area contributed by atoms with Gasteiger partial charge < -0.3 is 15.0 Å². The molecule has 1 heterocycles. The quantitative estimate of drug-likeness (QED) is 0.923. The maximum atomic E-state index is 12.3. The number of ether oxygens (including phenoxy) is 1. The number of halogens is 1. The van der Waals surface area contributed by atoms with E-state index in [1.165, 1.54) is 0 Å². The zero-order valence-electron chi connectivity index (χ0n) is 11.3. The Hall–Kier alpha value is -1.07. The van der Waals surface area contributed by atoms with Crippen LogP contribution in [0, 0.1) is 5.92 Å². The molecule has 0 aromatic heterocycles. The SMILES string of the molecule is COc1ccc(Br)cc1N(C)C(=O)CC1CCNC1. The van der Waals surface area contributed by atoms with Gasteiger partial charge in [0.25, 0.3) is 0 Å². The topological polar surface area (TPSA) is 41.6 Å². The Morgan fingerprint density at radius 2 is 2.37 bits per heavy atom. The highest BCUT2D eigenvalue weighted by molar-refractivity contribution is 9.10. The fraction of sp³-hybridized carbons (Fsp3) is 0.500. The van der Waals surface area contributed by atoms with Gasteiger partial charge in [-0.15, -0.1) is 0 Å². The van der Waals surface area contributed by atoms with Crippen molar-refractivity contribution < 1.29 is 9.53 Å². The molecule has 5 heteroatoms. The molecule has 4 nitrogen and oxygen atoms in total. The number of carbonyl (C=O) groups is 1. The maximum Gasteiger partial charge on any atom is 0.227 e. The monoisotopic (exact) mass is 326 g/mol. The molecule has 1 aromatic rings. The summed E-state index contributed by atoms with van der Waals surface area (Å²) in [6.07, 6.45) is 1.66. The fourth-order valence-corrected chi connectivity index (χ4v) is 2.68. The first-order chi connectivity index (χ1) is 9.11. The Labute approximate surface area is 122 Å². The van der Waals surface area contributed by atoms with Crippen molar-refractivity contribution >= 4 is 27.5 Å². The number of methoxy groups -OCH3 is 1. The summed E-state index contributed by atoms with van der Waals surface area (Å²) < 4.78 is 6.25. The van der Waals surface area contributed by atoms with E-state index in [0.717, 1.165) is 29.7 Å². The van der Waals surface area contributed by atoms with Gasteiger partial charge in [0.15, 0.2) is 0 Å². The third kappa shape index (κ3) is 3.48. The molecule has 1 amide bonds. The number of nitrogens with zero attached hydrogens (tertiary/aromatic N) is 1. The van der Waals surface area contributed by atoms with Crippen LogP contribution >= 0.6 is 15.9 Å². The van der Waals surface area contributed by atoms with Gasteiger partial charge in [-0.2, -0.15) is 0 Å². The third-order valence-electron chi connectivity index (χ3n) is 3.50. The number of rotatable bonds is 4. The highest BCUT2D eigenvalue weighted by Crippen LogP contribution is 2.31. The molecule has 1 aromatic carbocycles. The largest absolute Gasteiger partial charge is 0.495 e. The number of amides is 1. The van der Waals surface area contributed by atoms with Gasteiger partial charge in [-0.1, -0.05) is 15.9 Å². The highest BCUT2D eigenvalue weighted by atomic mass is 79.9. The van der Waals surface area contributed by atoms with Crippen LogP contribution < -0.4 is 15.0 Å². The minimum atomic E-state index is 0.130. The molecule has 0 aliphatic carbocycles. The first kappa shape index (κ1) is 14.3. The van der Waals surface area contributed by atoms with Crippen LogP contribution in [0.15, 0.2) is 22.7 Å². The number of hydrogen-bond donors (Lipinski definition) is 1. The van der Waals surface area contributed by atoms with Gasteiger partial charge in [-0.25, -0.2) is 0 Å². The molecular formula is C14H19BrN2O2. The van der Waals surface area contributed by atoms with Crippen LogP contribution in [0.5, 0.6) is 5.75 Å². The van der Waals surface area contributed by atoms with Crippen molar-refractivity contribution in [2.75, 3.05) is 32.1 Å². The second kappa shape index (κ2) is 6.39. The summed E-state index contributed by atoms with van der Waals surface area (Å²) in [6.45, 7) is 1.96. The van der Waals surface area contributed by atoms with E-state index in [4.69, 9.17) is 4.74 Å². The van der Waals surface area contributed by atoms with Crippen LogP contribution in [-0.4, -0.2) is 33.2 Å². The summed E-state index contributed by atoms with van der Waals surface area (Å²) >= 11 is 3.43. The summed E-state index contributed by atoms with van der Waals surface area (Å²) in [7, 11) is 3.42. The van der Waals surface area contributed by atoms with Crippen molar-refractivity contribution in [2.45, 2.75) is 12.8 Å². The summed E-state index contributed by atoms with van der Waals surface area (Å²) in [5.41, 5.74) is 0.799. The molecule has 1 aliphatic rings. The number of benzene rings is 1. The van der Waals surface area contributed by atoms with Gasteiger partial charge in [-0.05, 0) is 43.6 Å². The molecule has 2 rings (SSSR count). The van der Waals surface area contributed by atoms with Gasteiger partial charge in [-0.3, -0.25) is 4.79 Å². The molecular weight excluding hydrogens is 308 g/mol. The molecule has 104 valence electrons. The molecule has 0 radical (unpaired) electrons. The van der Waals surface area contributed by atoms with E-state index in [1.807, 2.05) is 18.2 Å². The minimum Gasteiger partial charge on any atom is -0.495 e. The number of nitrogens with one attached hydrogen (secondary N) is 1. The maximum absolute atomic E-state index is 12.3. The molecule has 19 heavy (non-hydrogen) atoms. The van der Waals surface area contributed by atoms with Crippen molar-refractivity contribution in [1.82, 2.24) is 5.32 Å². The second-order valence-corrected chi connectivity index (χ2v) is 5.75. The van der Waals surface area contributed by atoms with Crippen molar-refractivity contribution in [3.63, 3.8) is 0 Å². The molecule has 1 atom stereocenters. The lowest BCUT2D eigenvalue weighted by molar-refractivity contribution is -0.119. The summed E-state index contributed by atoms with van der Waals surface area (Å²) in [5.74, 6) is 1.29. The van der Waals surface area contributed by atoms with Crippen LogP contribution in [0.25, 0.3) is 0 Å². The Kier molecular flexibility index (Phi) is 4.82. The van der Waals surface area contributed by atoms with E-state index >= 15 is 0 Å². The van der Waals surface area contributed by atoms with Crippen LogP contribution in [0.1, 0.15) is 12.8 Å². The van der Waals surface area contributed by atoms with Gasteiger partial charge in [0.05, 0.1) is 12.8 Å². The minimum absolute atomic E-state index is 0.130. The molecule has 1 fully saturated rings. The van der Waals surface area contributed by atoms with E-state index < -0.39 is 0 Å². The van der Waals surface area contributed by atoms with E-state index in [-0.39, 0.29) is 5.91 Å². The van der Waals surface area contributed by atoms with Gasteiger partial charge in [0.2, 0.25) is 5.91 Å². The lowest BCUT2D eigenvalue weighted by atomic mass is 10.0. The molecule has 0 saturated carbocycles. The van der Waals surface area contributed by atoms with E-state index in [1.54, 1.807) is 19.1 Å². The van der Waals surface area contributed by atoms with Gasteiger partial charge in [0, 0.05) is 17.9 Å². The lowest BCUT2D eigenvalue weighted by Gasteiger charge is -2.21. The van der Waals surface area contributed by atoms with Crippen LogP contribution in [0.4, 0.5) is 5.69 Å². The predicted molar refractivity (Wildman–Crippen MR) is 79.7 cm³/mol. The average molecular weight is 327 g/mol. The van der Waals surface area contributed by atoms with Crippen molar-refractivity contribution in [3.05, 3.63) is 22.7 Å². The van der Waals surface area contributed by atoms with Crippen LogP contribution in [0.3, 0.4) is 0 Å². The highest BCUT2D eigenvalue weighted by Gasteiger charge is 2.22. The first-order valence-corrected chi connectivity index (χ1v) is 7.22. The zero-order valence-corrected chi connectivity index (χ0v) is 12.9. The van der Waals surface area contributed by atoms with Crippen LogP contribution in [-0.2, 0) is 4.79 Å². The first-order valence-electron chi connectivity index (χ1n) is 6.42. The summed E-state index contributed by atoms with van der Waals surface area (Å²) in [5, 5.41) is 3.29. The van der Waals surface area contributed by atoms with Crippen molar-refractivity contribution in [2.24, 2.45) is 5.92 Å². The zero-order chi connectivity index (χ0) is 13.8. The van der Waals surface area contributed by atoms with Gasteiger partial charge in [0.1, 0.15) is 5.75 Å². The Balaban J connectivity index is 2.11. The molecule has 0 bridgehead atoms. The Morgan fingerprint density at radius 3 is 3.00 bits per heavy atom. The number of anilines is 1. The second-order valence-electron chi connectivity index (χ2n) is 4.83. The van der Waals surface area contributed by atoms with E-state index in [9.17, 15) is 4.79 Å². The number of hydrogen-bond acceptors (Lipinski definition) is 3.